The number of thioether (sulfide) groups is 1. The minimum Gasteiger partial charge on any atom is -0.465 e. The summed E-state index contributed by atoms with van der Waals surface area (Å²) in [6, 6.07) is 17.1. The second-order valence-electron chi connectivity index (χ2n) is 10.6. The van der Waals surface area contributed by atoms with E-state index in [1.807, 2.05) is 75.4 Å². The third-order valence-electron chi connectivity index (χ3n) is 6.20. The van der Waals surface area contributed by atoms with E-state index < -0.39 is 11.2 Å². The molecule has 1 unspecified atom stereocenters. The maximum Gasteiger partial charge on any atom is 0.341 e. The average molecular weight is 551 g/mol. The van der Waals surface area contributed by atoms with Crippen LogP contribution in [-0.4, -0.2) is 24.9 Å². The van der Waals surface area contributed by atoms with Crippen molar-refractivity contribution in [1.82, 2.24) is 0 Å². The van der Waals surface area contributed by atoms with Crippen LogP contribution in [0.5, 0.6) is 0 Å². The standard InChI is InChI=1S/C30H34N2O4S2/c1-30(2,3)18-24(33)31-20-13-10-14-21(17-20)37-26(19-11-6-5-7-12-19)27(34)32-28-25(29(35)36-4)22-15-8-9-16-23(22)38-28/h5-7,10-14,17,26H,8-9,15-16,18H2,1-4H3,(H,31,33)(H,32,34). The summed E-state index contributed by atoms with van der Waals surface area (Å²) in [6.07, 6.45) is 4.23. The third kappa shape index (κ3) is 7.05. The smallest absolute Gasteiger partial charge is 0.341 e. The van der Waals surface area contributed by atoms with Crippen molar-refractivity contribution in [3.05, 3.63) is 76.2 Å². The molecule has 200 valence electrons. The summed E-state index contributed by atoms with van der Waals surface area (Å²) in [7, 11) is 1.37. The number of ether oxygens (including phenoxy) is 1. The predicted molar refractivity (Wildman–Crippen MR) is 155 cm³/mol. The van der Waals surface area contributed by atoms with Crippen LogP contribution < -0.4 is 10.6 Å². The van der Waals surface area contributed by atoms with Crippen molar-refractivity contribution < 1.29 is 19.1 Å². The number of hydrogen-bond acceptors (Lipinski definition) is 6. The molecule has 2 amide bonds. The molecule has 0 aliphatic heterocycles. The number of thiophene rings is 1. The number of carbonyl (C=O) groups excluding carboxylic acids is 3. The number of nitrogens with one attached hydrogen (secondary N) is 2. The Hall–Kier alpha value is -3.10. The first-order chi connectivity index (χ1) is 18.1. The fourth-order valence-corrected chi connectivity index (χ4v) is 6.88. The zero-order valence-corrected chi connectivity index (χ0v) is 23.9. The molecule has 2 aromatic carbocycles. The molecule has 1 aliphatic carbocycles. The fraction of sp³-hybridized carbons (Fsp3) is 0.367. The third-order valence-corrected chi connectivity index (χ3v) is 8.66. The van der Waals surface area contributed by atoms with Gasteiger partial charge in [0.15, 0.2) is 0 Å². The predicted octanol–water partition coefficient (Wildman–Crippen LogP) is 7.26. The Morgan fingerprint density at radius 1 is 1.00 bits per heavy atom. The average Bonchev–Trinajstić information content (AvgIpc) is 3.24. The molecule has 1 heterocycles. The van der Waals surface area contributed by atoms with Crippen LogP contribution in [0.1, 0.15) is 71.6 Å². The number of fused-ring (bicyclic) bond motifs is 1. The van der Waals surface area contributed by atoms with Crippen molar-refractivity contribution in [2.24, 2.45) is 5.41 Å². The van der Waals surface area contributed by atoms with Crippen LogP contribution in [0, 0.1) is 5.41 Å². The summed E-state index contributed by atoms with van der Waals surface area (Å²) in [5, 5.41) is 6.02. The van der Waals surface area contributed by atoms with E-state index in [1.54, 1.807) is 0 Å². The van der Waals surface area contributed by atoms with Crippen molar-refractivity contribution in [3.8, 4) is 0 Å². The van der Waals surface area contributed by atoms with Crippen molar-refractivity contribution in [3.63, 3.8) is 0 Å². The van der Waals surface area contributed by atoms with E-state index in [9.17, 15) is 14.4 Å². The molecule has 38 heavy (non-hydrogen) atoms. The number of rotatable bonds is 8. The van der Waals surface area contributed by atoms with Gasteiger partial charge < -0.3 is 15.4 Å². The molecule has 0 spiro atoms. The van der Waals surface area contributed by atoms with E-state index in [-0.39, 0.29) is 17.2 Å². The summed E-state index contributed by atoms with van der Waals surface area (Å²) in [4.78, 5) is 40.9. The van der Waals surface area contributed by atoms with E-state index in [4.69, 9.17) is 4.74 Å². The highest BCUT2D eigenvalue weighted by Crippen LogP contribution is 2.41. The molecular weight excluding hydrogens is 516 g/mol. The summed E-state index contributed by atoms with van der Waals surface area (Å²) in [5.74, 6) is -0.677. The summed E-state index contributed by atoms with van der Waals surface area (Å²) in [6.45, 7) is 6.08. The number of aryl methyl sites for hydroxylation is 1. The molecule has 4 rings (SSSR count). The van der Waals surface area contributed by atoms with E-state index in [0.717, 1.165) is 46.6 Å². The first kappa shape index (κ1) is 27.9. The van der Waals surface area contributed by atoms with Crippen LogP contribution in [0.2, 0.25) is 0 Å². The highest BCUT2D eigenvalue weighted by Gasteiger charge is 2.29. The second-order valence-corrected chi connectivity index (χ2v) is 12.9. The van der Waals surface area contributed by atoms with Gasteiger partial charge in [-0.15, -0.1) is 23.1 Å². The van der Waals surface area contributed by atoms with Gasteiger partial charge >= 0.3 is 5.97 Å². The molecule has 3 aromatic rings. The number of benzene rings is 2. The van der Waals surface area contributed by atoms with E-state index in [2.05, 4.69) is 10.6 Å². The molecule has 0 radical (unpaired) electrons. The molecule has 0 saturated heterocycles. The Labute approximate surface area is 232 Å². The molecule has 1 atom stereocenters. The zero-order chi connectivity index (χ0) is 27.3. The van der Waals surface area contributed by atoms with E-state index in [1.165, 1.54) is 30.2 Å². The first-order valence-electron chi connectivity index (χ1n) is 12.8. The van der Waals surface area contributed by atoms with Crippen molar-refractivity contribution in [2.45, 2.75) is 63.0 Å². The van der Waals surface area contributed by atoms with Gasteiger partial charge in [0.05, 0.1) is 12.7 Å². The molecule has 2 N–H and O–H groups in total. The van der Waals surface area contributed by atoms with Crippen LogP contribution in [-0.2, 0) is 27.2 Å². The summed E-state index contributed by atoms with van der Waals surface area (Å²) < 4.78 is 5.08. The SMILES string of the molecule is COC(=O)c1c(NC(=O)C(Sc2cccc(NC(=O)CC(C)(C)C)c2)c2ccccc2)sc2c1CCCC2. The normalized spacial score (nSPS) is 13.8. The van der Waals surface area contributed by atoms with Gasteiger partial charge in [-0.25, -0.2) is 4.79 Å². The molecule has 6 nitrogen and oxygen atoms in total. The van der Waals surface area contributed by atoms with Crippen LogP contribution in [0.4, 0.5) is 10.7 Å². The fourth-order valence-electron chi connectivity index (χ4n) is 4.52. The van der Waals surface area contributed by atoms with Gasteiger partial charge in [0, 0.05) is 21.9 Å². The highest BCUT2D eigenvalue weighted by atomic mass is 32.2. The maximum atomic E-state index is 13.8. The summed E-state index contributed by atoms with van der Waals surface area (Å²) >= 11 is 2.88. The molecule has 0 saturated carbocycles. The van der Waals surface area contributed by atoms with Gasteiger partial charge in [-0.1, -0.05) is 57.2 Å². The number of carbonyl (C=O) groups is 3. The number of hydrogen-bond donors (Lipinski definition) is 2. The van der Waals surface area contributed by atoms with Crippen LogP contribution in [0.3, 0.4) is 0 Å². The molecule has 1 aromatic heterocycles. The van der Waals surface area contributed by atoms with Crippen LogP contribution in [0.15, 0.2) is 59.5 Å². The van der Waals surface area contributed by atoms with E-state index >= 15 is 0 Å². The topological polar surface area (TPSA) is 84.5 Å². The molecule has 1 aliphatic rings. The monoisotopic (exact) mass is 550 g/mol. The van der Waals surface area contributed by atoms with Gasteiger partial charge in [0.2, 0.25) is 11.8 Å². The number of anilines is 2. The number of esters is 1. The lowest BCUT2D eigenvalue weighted by Crippen LogP contribution is -2.20. The Morgan fingerprint density at radius 3 is 2.45 bits per heavy atom. The molecule has 0 bridgehead atoms. The Balaban J connectivity index is 1.59. The van der Waals surface area contributed by atoms with Gasteiger partial charge in [0.1, 0.15) is 10.3 Å². The van der Waals surface area contributed by atoms with Crippen LogP contribution in [0.25, 0.3) is 0 Å². The van der Waals surface area contributed by atoms with Gasteiger partial charge in [0.25, 0.3) is 0 Å². The van der Waals surface area contributed by atoms with Gasteiger partial charge in [-0.05, 0) is 60.4 Å². The van der Waals surface area contributed by atoms with Crippen molar-refractivity contribution in [2.75, 3.05) is 17.7 Å². The summed E-state index contributed by atoms with van der Waals surface area (Å²) in [5.41, 5.74) is 2.91. The molecular formula is C30H34N2O4S2. The Morgan fingerprint density at radius 2 is 1.74 bits per heavy atom. The maximum absolute atomic E-state index is 13.8. The highest BCUT2D eigenvalue weighted by molar-refractivity contribution is 8.00. The quantitative estimate of drug-likeness (QED) is 0.228. The number of amides is 2. The zero-order valence-electron chi connectivity index (χ0n) is 22.3. The lowest BCUT2D eigenvalue weighted by Gasteiger charge is -2.19. The first-order valence-corrected chi connectivity index (χ1v) is 14.5. The second kappa shape index (κ2) is 12.2. The number of methoxy groups -OCH3 is 1. The minimum absolute atomic E-state index is 0.0472. The van der Waals surface area contributed by atoms with Crippen molar-refractivity contribution in [1.29, 1.82) is 0 Å². The van der Waals surface area contributed by atoms with E-state index in [0.29, 0.717) is 22.7 Å². The van der Waals surface area contributed by atoms with Gasteiger partial charge in [-0.2, -0.15) is 0 Å². The molecule has 0 fully saturated rings. The van der Waals surface area contributed by atoms with Gasteiger partial charge in [-0.3, -0.25) is 9.59 Å². The Kier molecular flexibility index (Phi) is 8.95. The lowest BCUT2D eigenvalue weighted by molar-refractivity contribution is -0.118. The lowest BCUT2D eigenvalue weighted by atomic mass is 9.92. The Bertz CT molecular complexity index is 1310. The molecule has 8 heteroatoms. The van der Waals surface area contributed by atoms with Crippen molar-refractivity contribution >= 4 is 51.6 Å². The van der Waals surface area contributed by atoms with Crippen LogP contribution >= 0.6 is 23.1 Å². The largest absolute Gasteiger partial charge is 0.465 e. The minimum atomic E-state index is -0.568.